The number of fused-ring (bicyclic) bond motifs is 1. The molecule has 1 aliphatic heterocycles. The summed E-state index contributed by atoms with van der Waals surface area (Å²) in [6, 6.07) is 13.4. The van der Waals surface area contributed by atoms with Crippen LogP contribution < -0.4 is 11.0 Å². The maximum atomic E-state index is 12.7. The van der Waals surface area contributed by atoms with Gasteiger partial charge in [0.1, 0.15) is 23.7 Å². The molecule has 1 N–H and O–H groups in total. The van der Waals surface area contributed by atoms with Crippen LogP contribution in [-0.2, 0) is 16.1 Å². The SMILES string of the molecule is Cc1nc2ccccc2n(CC(=O)NN2C(=O)C(Cl)C2c2ccc(Cl)cc2)c1=O. The normalized spacial score (nSPS) is 18.6. The highest BCUT2D eigenvalue weighted by molar-refractivity contribution is 6.33. The molecule has 148 valence electrons. The number of hydrogen-bond donors (Lipinski definition) is 1. The fourth-order valence-corrected chi connectivity index (χ4v) is 3.84. The number of benzene rings is 2. The molecule has 2 amide bonds. The summed E-state index contributed by atoms with van der Waals surface area (Å²) in [5.74, 6) is -0.929. The molecule has 0 saturated carbocycles. The first-order chi connectivity index (χ1) is 13.9. The number of aromatic nitrogens is 2. The number of halogens is 2. The summed E-state index contributed by atoms with van der Waals surface area (Å²) in [6.07, 6.45) is 0. The second kappa shape index (κ2) is 7.50. The summed E-state index contributed by atoms with van der Waals surface area (Å²) >= 11 is 12.1. The number of nitrogens with one attached hydrogen (secondary N) is 1. The average molecular weight is 431 g/mol. The summed E-state index contributed by atoms with van der Waals surface area (Å²) in [6.45, 7) is 1.34. The minimum atomic E-state index is -0.789. The predicted molar refractivity (Wildman–Crippen MR) is 110 cm³/mol. The number of β-lactam (4-membered cyclic amide) rings is 1. The van der Waals surface area contributed by atoms with Crippen molar-refractivity contribution in [1.29, 1.82) is 0 Å². The molecule has 0 aliphatic carbocycles. The van der Waals surface area contributed by atoms with Gasteiger partial charge in [-0.2, -0.15) is 0 Å². The van der Waals surface area contributed by atoms with Gasteiger partial charge in [0, 0.05) is 5.02 Å². The fourth-order valence-electron chi connectivity index (χ4n) is 3.35. The summed E-state index contributed by atoms with van der Waals surface area (Å²) < 4.78 is 1.34. The zero-order valence-corrected chi connectivity index (χ0v) is 16.8. The Kier molecular flexibility index (Phi) is 5.02. The molecule has 0 spiro atoms. The monoisotopic (exact) mass is 430 g/mol. The van der Waals surface area contributed by atoms with Gasteiger partial charge in [-0.15, -0.1) is 11.6 Å². The molecule has 0 radical (unpaired) electrons. The van der Waals surface area contributed by atoms with E-state index >= 15 is 0 Å². The minimum Gasteiger partial charge on any atom is -0.296 e. The number of carbonyl (C=O) groups is 2. The molecule has 29 heavy (non-hydrogen) atoms. The minimum absolute atomic E-state index is 0.257. The van der Waals surface area contributed by atoms with E-state index in [1.807, 2.05) is 0 Å². The number of rotatable bonds is 4. The molecular formula is C20H16Cl2N4O3. The van der Waals surface area contributed by atoms with Crippen LogP contribution >= 0.6 is 23.2 Å². The Morgan fingerprint density at radius 1 is 1.14 bits per heavy atom. The number of amides is 2. The van der Waals surface area contributed by atoms with Gasteiger partial charge in [0.05, 0.1) is 11.0 Å². The third-order valence-electron chi connectivity index (χ3n) is 4.80. The van der Waals surface area contributed by atoms with Crippen molar-refractivity contribution in [2.75, 3.05) is 0 Å². The maximum absolute atomic E-state index is 12.7. The number of carbonyl (C=O) groups excluding carboxylic acids is 2. The second-order valence-electron chi connectivity index (χ2n) is 6.72. The van der Waals surface area contributed by atoms with Gasteiger partial charge in [0.25, 0.3) is 17.4 Å². The molecule has 1 fully saturated rings. The number of aryl methyl sites for hydroxylation is 1. The molecule has 1 saturated heterocycles. The summed E-state index contributed by atoms with van der Waals surface area (Å²) in [7, 11) is 0. The molecule has 3 aromatic rings. The largest absolute Gasteiger partial charge is 0.296 e. The van der Waals surface area contributed by atoms with Crippen molar-refractivity contribution >= 4 is 46.0 Å². The summed E-state index contributed by atoms with van der Waals surface area (Å²) in [5, 5.41) is 0.952. The molecule has 2 aromatic carbocycles. The number of para-hydroxylation sites is 2. The number of hydrazine groups is 1. The lowest BCUT2D eigenvalue weighted by atomic mass is 9.95. The average Bonchev–Trinajstić information content (AvgIpc) is 2.72. The first-order valence-corrected chi connectivity index (χ1v) is 9.66. The molecule has 1 aliphatic rings. The topological polar surface area (TPSA) is 84.3 Å². The van der Waals surface area contributed by atoms with Crippen LogP contribution in [0.5, 0.6) is 0 Å². The lowest BCUT2D eigenvalue weighted by molar-refractivity contribution is -0.156. The van der Waals surface area contributed by atoms with Crippen molar-refractivity contribution in [3.8, 4) is 0 Å². The van der Waals surface area contributed by atoms with E-state index in [1.54, 1.807) is 55.5 Å². The zero-order chi connectivity index (χ0) is 20.7. The van der Waals surface area contributed by atoms with Crippen LogP contribution in [0, 0.1) is 6.92 Å². The standard InChI is InChI=1S/C20H16Cl2N4O3/c1-11-19(28)25(15-5-3-2-4-14(15)23-11)10-16(27)24-26-18(17(22)20(26)29)12-6-8-13(21)9-7-12/h2-9,17-18H,10H2,1H3,(H,24,27). The molecule has 2 heterocycles. The molecule has 9 heteroatoms. The van der Waals surface area contributed by atoms with Crippen LogP contribution in [0.15, 0.2) is 53.3 Å². The van der Waals surface area contributed by atoms with Crippen molar-refractivity contribution < 1.29 is 9.59 Å². The van der Waals surface area contributed by atoms with E-state index < -0.39 is 23.2 Å². The van der Waals surface area contributed by atoms with Crippen LogP contribution in [0.2, 0.25) is 5.02 Å². The molecule has 2 atom stereocenters. The highest BCUT2D eigenvalue weighted by Gasteiger charge is 2.48. The van der Waals surface area contributed by atoms with Crippen LogP contribution in [0.4, 0.5) is 0 Å². The van der Waals surface area contributed by atoms with E-state index in [1.165, 1.54) is 9.58 Å². The van der Waals surface area contributed by atoms with E-state index in [2.05, 4.69) is 10.4 Å². The Bertz CT molecular complexity index is 1180. The van der Waals surface area contributed by atoms with Gasteiger partial charge in [-0.1, -0.05) is 35.9 Å². The summed E-state index contributed by atoms with van der Waals surface area (Å²) in [4.78, 5) is 41.6. The molecular weight excluding hydrogens is 415 g/mol. The van der Waals surface area contributed by atoms with Crippen molar-refractivity contribution in [3.05, 3.63) is 75.2 Å². The van der Waals surface area contributed by atoms with E-state index in [0.29, 0.717) is 16.1 Å². The number of nitrogens with zero attached hydrogens (tertiary/aromatic N) is 3. The van der Waals surface area contributed by atoms with Gasteiger partial charge in [0.2, 0.25) is 0 Å². The fraction of sp³-hybridized carbons (Fsp3) is 0.200. The van der Waals surface area contributed by atoms with Gasteiger partial charge in [-0.25, -0.2) is 9.99 Å². The van der Waals surface area contributed by atoms with E-state index in [0.717, 1.165) is 5.56 Å². The van der Waals surface area contributed by atoms with Gasteiger partial charge in [-0.05, 0) is 36.8 Å². The highest BCUT2D eigenvalue weighted by Crippen LogP contribution is 2.37. The predicted octanol–water partition coefficient (Wildman–Crippen LogP) is 2.58. The Balaban J connectivity index is 1.58. The lowest BCUT2D eigenvalue weighted by Crippen LogP contribution is -2.63. The van der Waals surface area contributed by atoms with E-state index in [4.69, 9.17) is 23.2 Å². The van der Waals surface area contributed by atoms with Crippen molar-refractivity contribution in [2.24, 2.45) is 0 Å². The molecule has 4 rings (SSSR count). The highest BCUT2D eigenvalue weighted by atomic mass is 35.5. The van der Waals surface area contributed by atoms with Crippen molar-refractivity contribution in [2.45, 2.75) is 24.9 Å². The third-order valence-corrected chi connectivity index (χ3v) is 5.48. The lowest BCUT2D eigenvalue weighted by Gasteiger charge is -2.44. The zero-order valence-electron chi connectivity index (χ0n) is 15.3. The van der Waals surface area contributed by atoms with Gasteiger partial charge in [-0.3, -0.25) is 24.4 Å². The first-order valence-electron chi connectivity index (χ1n) is 8.85. The van der Waals surface area contributed by atoms with Crippen LogP contribution in [0.3, 0.4) is 0 Å². The van der Waals surface area contributed by atoms with E-state index in [9.17, 15) is 14.4 Å². The van der Waals surface area contributed by atoms with Crippen LogP contribution in [0.25, 0.3) is 11.0 Å². The Hall–Kier alpha value is -2.90. The Labute approximate surface area is 175 Å². The van der Waals surface area contributed by atoms with Gasteiger partial charge >= 0.3 is 0 Å². The Morgan fingerprint density at radius 3 is 2.55 bits per heavy atom. The van der Waals surface area contributed by atoms with E-state index in [-0.39, 0.29) is 17.8 Å². The smallest absolute Gasteiger partial charge is 0.272 e. The van der Waals surface area contributed by atoms with Crippen LogP contribution in [-0.4, -0.2) is 31.8 Å². The summed E-state index contributed by atoms with van der Waals surface area (Å²) in [5.41, 5.74) is 4.39. The molecule has 0 bridgehead atoms. The van der Waals surface area contributed by atoms with Crippen molar-refractivity contribution in [1.82, 2.24) is 20.0 Å². The van der Waals surface area contributed by atoms with Crippen LogP contribution in [0.1, 0.15) is 17.3 Å². The Morgan fingerprint density at radius 2 is 1.83 bits per heavy atom. The second-order valence-corrected chi connectivity index (χ2v) is 7.63. The van der Waals surface area contributed by atoms with Gasteiger partial charge < -0.3 is 0 Å². The maximum Gasteiger partial charge on any atom is 0.272 e. The number of hydrogen-bond acceptors (Lipinski definition) is 4. The third kappa shape index (κ3) is 3.47. The molecule has 7 nitrogen and oxygen atoms in total. The quantitative estimate of drug-likeness (QED) is 0.509. The molecule has 1 aromatic heterocycles. The number of alkyl halides is 1. The van der Waals surface area contributed by atoms with Crippen molar-refractivity contribution in [3.63, 3.8) is 0 Å². The van der Waals surface area contributed by atoms with Gasteiger partial charge in [0.15, 0.2) is 0 Å². The first kappa shape index (κ1) is 19.4. The molecule has 2 unspecified atom stereocenters.